The topological polar surface area (TPSA) is 54.3 Å². The summed E-state index contributed by atoms with van der Waals surface area (Å²) >= 11 is 1.48. The average Bonchev–Trinajstić information content (AvgIpc) is 3.02. The molecule has 1 fully saturated rings. The number of thioether (sulfide) groups is 1. The van der Waals surface area contributed by atoms with Gasteiger partial charge in [-0.2, -0.15) is 0 Å². The van der Waals surface area contributed by atoms with Gasteiger partial charge in [-0.15, -0.1) is 10.2 Å². The Morgan fingerprint density at radius 3 is 2.48 bits per heavy atom. The maximum Gasteiger partial charge on any atom is 0.235 e. The van der Waals surface area contributed by atoms with E-state index in [0.29, 0.717) is 0 Å². The molecule has 3 rings (SSSR count). The second-order valence-corrected chi connectivity index (χ2v) is 7.53. The van der Waals surface area contributed by atoms with Gasteiger partial charge in [0.1, 0.15) is 5.82 Å². The van der Waals surface area contributed by atoms with Crippen molar-refractivity contribution >= 4 is 17.7 Å². The van der Waals surface area contributed by atoms with E-state index < -0.39 is 0 Å². The summed E-state index contributed by atoms with van der Waals surface area (Å²) in [5.74, 6) is 1.01. The van der Waals surface area contributed by atoms with E-state index in [1.807, 2.05) is 53.6 Å². The van der Waals surface area contributed by atoms with E-state index in [2.05, 4.69) is 22.0 Å². The van der Waals surface area contributed by atoms with Crippen molar-refractivity contribution in [2.45, 2.75) is 31.2 Å². The summed E-state index contributed by atoms with van der Waals surface area (Å²) in [6.07, 6.45) is 0. The zero-order valence-corrected chi connectivity index (χ0v) is 15.9. The number of carbonyl (C=O) groups is 1. The van der Waals surface area contributed by atoms with Crippen LogP contribution in [0.4, 0.5) is 0 Å². The lowest BCUT2D eigenvalue weighted by atomic mass is 10.3. The van der Waals surface area contributed by atoms with Gasteiger partial charge in [0.05, 0.1) is 5.25 Å². The van der Waals surface area contributed by atoms with Crippen molar-refractivity contribution < 1.29 is 4.79 Å². The number of amides is 1. The van der Waals surface area contributed by atoms with Gasteiger partial charge < -0.3 is 9.80 Å². The Balaban J connectivity index is 1.70. The molecular weight excluding hydrogens is 334 g/mol. The minimum atomic E-state index is -0.181. The first-order valence-electron chi connectivity index (χ1n) is 8.75. The number of rotatable bonds is 5. The zero-order chi connectivity index (χ0) is 17.8. The highest BCUT2D eigenvalue weighted by Crippen LogP contribution is 2.26. The maximum atomic E-state index is 12.8. The van der Waals surface area contributed by atoms with Crippen LogP contribution in [0.3, 0.4) is 0 Å². The van der Waals surface area contributed by atoms with Gasteiger partial charge in [-0.25, -0.2) is 0 Å². The molecule has 0 bridgehead atoms. The number of likely N-dealkylation sites (N-methyl/N-ethyl adjacent to an activating group) is 1. The molecule has 1 aromatic carbocycles. The van der Waals surface area contributed by atoms with E-state index in [0.717, 1.165) is 49.4 Å². The molecule has 2 heterocycles. The molecule has 1 atom stereocenters. The number of hydrogen-bond acceptors (Lipinski definition) is 5. The lowest BCUT2D eigenvalue weighted by molar-refractivity contribution is -0.132. The summed E-state index contributed by atoms with van der Waals surface area (Å²) in [7, 11) is 0. The van der Waals surface area contributed by atoms with E-state index in [1.54, 1.807) is 0 Å². The molecule has 1 aliphatic heterocycles. The number of aryl methyl sites for hydroxylation is 1. The van der Waals surface area contributed by atoms with E-state index in [4.69, 9.17) is 0 Å². The largest absolute Gasteiger partial charge is 0.339 e. The van der Waals surface area contributed by atoms with Crippen molar-refractivity contribution in [3.63, 3.8) is 0 Å². The smallest absolute Gasteiger partial charge is 0.235 e. The minimum Gasteiger partial charge on any atom is -0.339 e. The van der Waals surface area contributed by atoms with E-state index in [1.165, 1.54) is 11.8 Å². The summed E-state index contributed by atoms with van der Waals surface area (Å²) in [6, 6.07) is 10.0. The first-order chi connectivity index (χ1) is 12.1. The van der Waals surface area contributed by atoms with Crippen LogP contribution in [0.5, 0.6) is 0 Å². The predicted octanol–water partition coefficient (Wildman–Crippen LogP) is 2.22. The third-order valence-electron chi connectivity index (χ3n) is 4.57. The average molecular weight is 359 g/mol. The lowest BCUT2D eigenvalue weighted by Crippen LogP contribution is -2.50. The molecule has 1 unspecified atom stereocenters. The molecule has 134 valence electrons. The van der Waals surface area contributed by atoms with Gasteiger partial charge in [-0.1, -0.05) is 36.9 Å². The Kier molecular flexibility index (Phi) is 5.75. The molecule has 0 N–H and O–H groups in total. The Labute approximate surface area is 153 Å². The molecular formula is C18H25N5OS. The van der Waals surface area contributed by atoms with E-state index in [9.17, 15) is 4.79 Å². The van der Waals surface area contributed by atoms with E-state index in [-0.39, 0.29) is 11.2 Å². The van der Waals surface area contributed by atoms with Gasteiger partial charge in [0, 0.05) is 31.9 Å². The molecule has 1 amide bonds. The van der Waals surface area contributed by atoms with Crippen LogP contribution in [-0.4, -0.2) is 68.4 Å². The second-order valence-electron chi connectivity index (χ2n) is 6.22. The Morgan fingerprint density at radius 1 is 1.16 bits per heavy atom. The molecule has 1 aliphatic rings. The number of para-hydroxylation sites is 1. The predicted molar refractivity (Wildman–Crippen MR) is 100 cm³/mol. The van der Waals surface area contributed by atoms with Gasteiger partial charge in [0.25, 0.3) is 0 Å². The quantitative estimate of drug-likeness (QED) is 0.766. The number of nitrogens with zero attached hydrogens (tertiary/aromatic N) is 5. The number of aromatic nitrogens is 3. The number of hydrogen-bond donors (Lipinski definition) is 0. The third-order valence-corrected chi connectivity index (χ3v) is 5.60. The Bertz CT molecular complexity index is 710. The highest BCUT2D eigenvalue weighted by Gasteiger charge is 2.26. The van der Waals surface area contributed by atoms with Crippen molar-refractivity contribution in [1.29, 1.82) is 0 Å². The molecule has 0 spiro atoms. The molecule has 25 heavy (non-hydrogen) atoms. The molecule has 1 saturated heterocycles. The van der Waals surface area contributed by atoms with Crippen molar-refractivity contribution in [3.05, 3.63) is 36.2 Å². The van der Waals surface area contributed by atoms with Crippen LogP contribution >= 0.6 is 11.8 Å². The van der Waals surface area contributed by atoms with Crippen molar-refractivity contribution in [2.75, 3.05) is 32.7 Å². The van der Waals surface area contributed by atoms with Crippen molar-refractivity contribution in [3.8, 4) is 5.69 Å². The molecule has 0 radical (unpaired) electrons. The zero-order valence-electron chi connectivity index (χ0n) is 15.1. The molecule has 7 heteroatoms. The normalized spacial score (nSPS) is 16.8. The van der Waals surface area contributed by atoms with Gasteiger partial charge in [0.15, 0.2) is 5.16 Å². The fraction of sp³-hybridized carbons (Fsp3) is 0.500. The highest BCUT2D eigenvalue weighted by atomic mass is 32.2. The second kappa shape index (κ2) is 8.01. The van der Waals surface area contributed by atoms with Gasteiger partial charge >= 0.3 is 0 Å². The summed E-state index contributed by atoms with van der Waals surface area (Å²) in [5, 5.41) is 9.06. The SMILES string of the molecule is CCN1CCN(C(=O)C(C)Sc2nnc(C)n2-c2ccccc2)CC1. The first kappa shape index (κ1) is 17.9. The van der Waals surface area contributed by atoms with Crippen molar-refractivity contribution in [2.24, 2.45) is 0 Å². The number of benzene rings is 1. The monoisotopic (exact) mass is 359 g/mol. The van der Waals surface area contributed by atoms with E-state index >= 15 is 0 Å². The standard InChI is InChI=1S/C18H25N5OS/c1-4-21-10-12-22(13-11-21)17(24)14(2)25-18-20-19-15(3)23(18)16-8-6-5-7-9-16/h5-9,14H,4,10-13H2,1-3H3. The fourth-order valence-corrected chi connectivity index (χ4v) is 4.04. The Hall–Kier alpha value is -1.86. The molecule has 2 aromatic rings. The summed E-state index contributed by atoms with van der Waals surface area (Å²) in [5.41, 5.74) is 1.02. The van der Waals surface area contributed by atoms with Crippen molar-refractivity contribution in [1.82, 2.24) is 24.6 Å². The Morgan fingerprint density at radius 2 is 1.84 bits per heavy atom. The van der Waals surface area contributed by atoms with Crippen LogP contribution < -0.4 is 0 Å². The first-order valence-corrected chi connectivity index (χ1v) is 9.63. The van der Waals surface area contributed by atoms with Crippen LogP contribution in [0.1, 0.15) is 19.7 Å². The number of carbonyl (C=O) groups excluding carboxylic acids is 1. The van der Waals surface area contributed by atoms with Crippen LogP contribution in [0, 0.1) is 6.92 Å². The molecule has 0 saturated carbocycles. The van der Waals surface area contributed by atoms with Gasteiger partial charge in [-0.3, -0.25) is 9.36 Å². The third kappa shape index (κ3) is 4.04. The summed E-state index contributed by atoms with van der Waals surface area (Å²) in [4.78, 5) is 17.1. The van der Waals surface area contributed by atoms with Crippen LogP contribution in [0.2, 0.25) is 0 Å². The van der Waals surface area contributed by atoms with Crippen LogP contribution in [0.25, 0.3) is 5.69 Å². The molecule has 1 aromatic heterocycles. The summed E-state index contributed by atoms with van der Waals surface area (Å²) in [6.45, 7) is 10.6. The highest BCUT2D eigenvalue weighted by molar-refractivity contribution is 8.00. The lowest BCUT2D eigenvalue weighted by Gasteiger charge is -2.35. The number of piperazine rings is 1. The van der Waals surface area contributed by atoms with Gasteiger partial charge in [-0.05, 0) is 32.5 Å². The molecule has 6 nitrogen and oxygen atoms in total. The fourth-order valence-electron chi connectivity index (χ4n) is 3.04. The maximum absolute atomic E-state index is 12.8. The summed E-state index contributed by atoms with van der Waals surface area (Å²) < 4.78 is 2.00. The molecule has 0 aliphatic carbocycles. The minimum absolute atomic E-state index is 0.181. The van der Waals surface area contributed by atoms with Gasteiger partial charge in [0.2, 0.25) is 5.91 Å². The van der Waals surface area contributed by atoms with Crippen LogP contribution in [-0.2, 0) is 4.79 Å². The van der Waals surface area contributed by atoms with Crippen LogP contribution in [0.15, 0.2) is 35.5 Å².